The number of hydrogen-bond acceptors (Lipinski definition) is 3. The highest BCUT2D eigenvalue weighted by Crippen LogP contribution is 2.27. The van der Waals surface area contributed by atoms with Crippen LogP contribution in [-0.4, -0.2) is 23.9 Å². The van der Waals surface area contributed by atoms with Gasteiger partial charge in [-0.1, -0.05) is 18.2 Å². The van der Waals surface area contributed by atoms with Crippen LogP contribution in [0.2, 0.25) is 0 Å². The van der Waals surface area contributed by atoms with E-state index in [2.05, 4.69) is 5.32 Å². The molecule has 5 heteroatoms. The van der Waals surface area contributed by atoms with E-state index in [0.717, 1.165) is 45.4 Å². The Hall–Kier alpha value is -3.08. The Morgan fingerprint density at radius 2 is 1.88 bits per heavy atom. The number of benzene rings is 2. The third-order valence-electron chi connectivity index (χ3n) is 4.72. The van der Waals surface area contributed by atoms with Gasteiger partial charge in [0.25, 0.3) is 0 Å². The van der Waals surface area contributed by atoms with Crippen molar-refractivity contribution in [2.24, 2.45) is 0 Å². The number of aromatic nitrogens is 1. The standard InChI is InChI=1S/C21H22N2O3/c1-13-10-20(26-4)14(2)9-18(13)22-21(25)11-23-15(3)17(12-24)16-7-5-6-8-19(16)23/h5-10,12H,11H2,1-4H3,(H,22,25). The number of nitrogens with one attached hydrogen (secondary N) is 1. The van der Waals surface area contributed by atoms with Gasteiger partial charge in [-0.15, -0.1) is 0 Å². The SMILES string of the molecule is COc1cc(C)c(NC(=O)Cn2c(C)c(C=O)c3ccccc32)cc1C. The average Bonchev–Trinajstić information content (AvgIpc) is 2.89. The number of aldehydes is 1. The minimum Gasteiger partial charge on any atom is -0.496 e. The molecule has 26 heavy (non-hydrogen) atoms. The average molecular weight is 350 g/mol. The number of amides is 1. The van der Waals surface area contributed by atoms with E-state index in [1.807, 2.05) is 61.7 Å². The lowest BCUT2D eigenvalue weighted by Crippen LogP contribution is -2.20. The van der Waals surface area contributed by atoms with Gasteiger partial charge in [-0.05, 0) is 50.1 Å². The highest BCUT2D eigenvalue weighted by Gasteiger charge is 2.16. The molecule has 0 radical (unpaired) electrons. The largest absolute Gasteiger partial charge is 0.496 e. The maximum absolute atomic E-state index is 12.6. The molecule has 0 saturated carbocycles. The first-order valence-electron chi connectivity index (χ1n) is 8.44. The summed E-state index contributed by atoms with van der Waals surface area (Å²) >= 11 is 0. The Balaban J connectivity index is 1.90. The first-order valence-corrected chi connectivity index (χ1v) is 8.44. The summed E-state index contributed by atoms with van der Waals surface area (Å²) in [6.45, 7) is 5.87. The topological polar surface area (TPSA) is 60.3 Å². The number of nitrogens with zero attached hydrogens (tertiary/aromatic N) is 1. The minimum atomic E-state index is -0.140. The number of carbonyl (C=O) groups excluding carboxylic acids is 2. The Labute approximate surface area is 152 Å². The summed E-state index contributed by atoms with van der Waals surface area (Å²) in [7, 11) is 1.63. The predicted molar refractivity (Wildman–Crippen MR) is 103 cm³/mol. The number of fused-ring (bicyclic) bond motifs is 1. The smallest absolute Gasteiger partial charge is 0.244 e. The molecule has 0 aliphatic rings. The molecule has 3 aromatic rings. The summed E-state index contributed by atoms with van der Waals surface area (Å²) in [4.78, 5) is 24.1. The summed E-state index contributed by atoms with van der Waals surface area (Å²) in [5.41, 5.74) is 4.95. The van der Waals surface area contributed by atoms with E-state index in [-0.39, 0.29) is 12.5 Å². The fourth-order valence-corrected chi connectivity index (χ4v) is 3.29. The number of hydrogen-bond donors (Lipinski definition) is 1. The van der Waals surface area contributed by atoms with Gasteiger partial charge in [0.1, 0.15) is 12.3 Å². The van der Waals surface area contributed by atoms with Gasteiger partial charge in [0, 0.05) is 27.8 Å². The first-order chi connectivity index (χ1) is 12.5. The molecular formula is C21H22N2O3. The second kappa shape index (κ2) is 7.04. The molecule has 134 valence electrons. The molecule has 0 spiro atoms. The minimum absolute atomic E-state index is 0.140. The zero-order chi connectivity index (χ0) is 18.8. The Bertz CT molecular complexity index is 1000. The maximum Gasteiger partial charge on any atom is 0.244 e. The van der Waals surface area contributed by atoms with Crippen LogP contribution >= 0.6 is 0 Å². The second-order valence-corrected chi connectivity index (χ2v) is 6.41. The van der Waals surface area contributed by atoms with Crippen molar-refractivity contribution < 1.29 is 14.3 Å². The predicted octanol–water partition coefficient (Wildman–Crippen LogP) is 4.03. The van der Waals surface area contributed by atoms with Gasteiger partial charge >= 0.3 is 0 Å². The van der Waals surface area contributed by atoms with Gasteiger partial charge in [-0.2, -0.15) is 0 Å². The molecule has 5 nitrogen and oxygen atoms in total. The van der Waals surface area contributed by atoms with Crippen LogP contribution in [0.5, 0.6) is 5.75 Å². The van der Waals surface area contributed by atoms with E-state index in [9.17, 15) is 9.59 Å². The molecule has 0 atom stereocenters. The van der Waals surface area contributed by atoms with Gasteiger partial charge < -0.3 is 14.6 Å². The van der Waals surface area contributed by atoms with Crippen molar-refractivity contribution in [3.63, 3.8) is 0 Å². The normalized spacial score (nSPS) is 10.8. The molecule has 2 aromatic carbocycles. The summed E-state index contributed by atoms with van der Waals surface area (Å²) in [6.07, 6.45) is 0.850. The molecule has 0 aliphatic carbocycles. The number of para-hydroxylation sites is 1. The summed E-state index contributed by atoms with van der Waals surface area (Å²) in [6, 6.07) is 11.4. The van der Waals surface area contributed by atoms with Crippen molar-refractivity contribution in [1.82, 2.24) is 4.57 Å². The van der Waals surface area contributed by atoms with Gasteiger partial charge in [-0.3, -0.25) is 9.59 Å². The van der Waals surface area contributed by atoms with Crippen LogP contribution in [0.15, 0.2) is 36.4 Å². The van der Waals surface area contributed by atoms with Crippen LogP contribution in [0, 0.1) is 20.8 Å². The fourth-order valence-electron chi connectivity index (χ4n) is 3.29. The molecule has 1 amide bonds. The molecule has 0 unspecified atom stereocenters. The first kappa shape index (κ1) is 17.7. The van der Waals surface area contributed by atoms with Crippen LogP contribution in [0.4, 0.5) is 5.69 Å². The second-order valence-electron chi connectivity index (χ2n) is 6.41. The van der Waals surface area contributed by atoms with E-state index < -0.39 is 0 Å². The molecule has 1 N–H and O–H groups in total. The van der Waals surface area contributed by atoms with E-state index in [4.69, 9.17) is 4.74 Å². The molecule has 3 rings (SSSR count). The van der Waals surface area contributed by atoms with Crippen molar-refractivity contribution in [2.45, 2.75) is 27.3 Å². The molecule has 0 saturated heterocycles. The highest BCUT2D eigenvalue weighted by molar-refractivity contribution is 6.00. The summed E-state index contributed by atoms with van der Waals surface area (Å²) in [5, 5.41) is 3.83. The van der Waals surface area contributed by atoms with Crippen LogP contribution < -0.4 is 10.1 Å². The molecule has 0 aliphatic heterocycles. The van der Waals surface area contributed by atoms with Crippen molar-refractivity contribution in [2.75, 3.05) is 12.4 Å². The zero-order valence-electron chi connectivity index (χ0n) is 15.4. The molecular weight excluding hydrogens is 328 g/mol. The van der Waals surface area contributed by atoms with Gasteiger partial charge in [0.2, 0.25) is 5.91 Å². The molecule has 0 fully saturated rings. The highest BCUT2D eigenvalue weighted by atomic mass is 16.5. The van der Waals surface area contributed by atoms with Crippen molar-refractivity contribution >= 4 is 28.8 Å². The van der Waals surface area contributed by atoms with Gasteiger partial charge in [0.15, 0.2) is 6.29 Å². The van der Waals surface area contributed by atoms with Crippen molar-refractivity contribution in [3.8, 4) is 5.75 Å². The van der Waals surface area contributed by atoms with Crippen LogP contribution in [0.25, 0.3) is 10.9 Å². The maximum atomic E-state index is 12.6. The van der Waals surface area contributed by atoms with Gasteiger partial charge in [0.05, 0.1) is 7.11 Å². The van der Waals surface area contributed by atoms with Crippen LogP contribution in [0.3, 0.4) is 0 Å². The third kappa shape index (κ3) is 3.08. The van der Waals surface area contributed by atoms with Crippen LogP contribution in [0.1, 0.15) is 27.2 Å². The zero-order valence-corrected chi connectivity index (χ0v) is 15.4. The fraction of sp³-hybridized carbons (Fsp3) is 0.238. The van der Waals surface area contributed by atoms with Crippen molar-refractivity contribution in [3.05, 3.63) is 58.8 Å². The monoisotopic (exact) mass is 350 g/mol. The Kier molecular flexibility index (Phi) is 4.80. The lowest BCUT2D eigenvalue weighted by atomic mass is 10.1. The van der Waals surface area contributed by atoms with E-state index in [1.165, 1.54) is 0 Å². The summed E-state index contributed by atoms with van der Waals surface area (Å²) in [5.74, 6) is 0.655. The number of anilines is 1. The van der Waals surface area contributed by atoms with Crippen molar-refractivity contribution in [1.29, 1.82) is 0 Å². The van der Waals surface area contributed by atoms with Crippen LogP contribution in [-0.2, 0) is 11.3 Å². The van der Waals surface area contributed by atoms with Gasteiger partial charge in [-0.25, -0.2) is 0 Å². The number of aryl methyl sites for hydroxylation is 2. The Morgan fingerprint density at radius 3 is 2.58 bits per heavy atom. The Morgan fingerprint density at radius 1 is 1.15 bits per heavy atom. The quantitative estimate of drug-likeness (QED) is 0.707. The lowest BCUT2D eigenvalue weighted by Gasteiger charge is -2.14. The lowest BCUT2D eigenvalue weighted by molar-refractivity contribution is -0.116. The molecule has 1 heterocycles. The van der Waals surface area contributed by atoms with E-state index >= 15 is 0 Å². The summed E-state index contributed by atoms with van der Waals surface area (Å²) < 4.78 is 7.19. The number of methoxy groups -OCH3 is 1. The molecule has 0 bridgehead atoms. The number of carbonyl (C=O) groups is 2. The number of ether oxygens (including phenoxy) is 1. The third-order valence-corrected chi connectivity index (χ3v) is 4.72. The number of rotatable bonds is 5. The van der Waals surface area contributed by atoms with E-state index in [1.54, 1.807) is 7.11 Å². The van der Waals surface area contributed by atoms with E-state index in [0.29, 0.717) is 5.56 Å². The molecule has 1 aromatic heterocycles.